The van der Waals surface area contributed by atoms with E-state index in [0.717, 1.165) is 6.42 Å². The van der Waals surface area contributed by atoms with Crippen LogP contribution in [-0.4, -0.2) is 6.04 Å². The Morgan fingerprint density at radius 1 is 1.05 bits per heavy atom. The van der Waals surface area contributed by atoms with Gasteiger partial charge in [-0.1, -0.05) is 48.5 Å². The molecule has 3 N–H and O–H groups in total. The highest BCUT2D eigenvalue weighted by Gasteiger charge is 2.43. The van der Waals surface area contributed by atoms with Crippen LogP contribution in [0.2, 0.25) is 0 Å². The average Bonchev–Trinajstić information content (AvgIpc) is 3.28. The molecule has 1 saturated carbocycles. The third-order valence-electron chi connectivity index (χ3n) is 4.87. The quantitative estimate of drug-likeness (QED) is 0.650. The normalized spacial score (nSPS) is 22.0. The van der Waals surface area contributed by atoms with Crippen LogP contribution in [0.1, 0.15) is 34.6 Å². The maximum Gasteiger partial charge on any atom is 0.0285 e. The molecule has 0 heterocycles. The second-order valence-electron chi connectivity index (χ2n) is 6.26. The molecule has 3 atom stereocenters. The summed E-state index contributed by atoms with van der Waals surface area (Å²) < 4.78 is 0. The molecule has 0 bridgehead atoms. The van der Waals surface area contributed by atoms with Crippen LogP contribution in [0.25, 0.3) is 0 Å². The zero-order chi connectivity index (χ0) is 14.8. The standard InChI is InChI=1S/C19H24N2/c1-13-7-6-8-14(2)16(13)12-19(21-20)18-11-17(18)15-9-4-3-5-10-15/h3-10,17-19,21H,11-12,20H2,1-2H3. The van der Waals surface area contributed by atoms with Crippen LogP contribution in [0.5, 0.6) is 0 Å². The van der Waals surface area contributed by atoms with Gasteiger partial charge in [-0.15, -0.1) is 0 Å². The van der Waals surface area contributed by atoms with E-state index in [0.29, 0.717) is 17.9 Å². The number of nitrogens with two attached hydrogens (primary N) is 1. The van der Waals surface area contributed by atoms with Crippen molar-refractivity contribution in [1.82, 2.24) is 5.43 Å². The van der Waals surface area contributed by atoms with Crippen molar-refractivity contribution in [3.8, 4) is 0 Å². The third-order valence-corrected chi connectivity index (χ3v) is 4.87. The van der Waals surface area contributed by atoms with Crippen molar-refractivity contribution in [3.63, 3.8) is 0 Å². The molecule has 3 rings (SSSR count). The third kappa shape index (κ3) is 3.02. The Morgan fingerprint density at radius 2 is 1.71 bits per heavy atom. The van der Waals surface area contributed by atoms with E-state index >= 15 is 0 Å². The molecule has 1 fully saturated rings. The largest absolute Gasteiger partial charge is 0.271 e. The van der Waals surface area contributed by atoms with Crippen molar-refractivity contribution < 1.29 is 0 Å². The van der Waals surface area contributed by atoms with Gasteiger partial charge in [0.15, 0.2) is 0 Å². The van der Waals surface area contributed by atoms with Crippen LogP contribution >= 0.6 is 0 Å². The summed E-state index contributed by atoms with van der Waals surface area (Å²) in [6, 6.07) is 17.7. The lowest BCUT2D eigenvalue weighted by Gasteiger charge is -2.19. The van der Waals surface area contributed by atoms with E-state index in [1.165, 1.54) is 28.7 Å². The Balaban J connectivity index is 1.73. The summed E-state index contributed by atoms with van der Waals surface area (Å²) in [4.78, 5) is 0. The molecule has 2 heteroatoms. The lowest BCUT2D eigenvalue weighted by Crippen LogP contribution is -2.39. The minimum Gasteiger partial charge on any atom is -0.271 e. The summed E-state index contributed by atoms with van der Waals surface area (Å²) in [5.74, 6) is 7.16. The highest BCUT2D eigenvalue weighted by atomic mass is 15.2. The number of hydrogen-bond acceptors (Lipinski definition) is 2. The zero-order valence-corrected chi connectivity index (χ0v) is 12.8. The summed E-state index contributed by atoms with van der Waals surface area (Å²) in [6.07, 6.45) is 2.26. The SMILES string of the molecule is Cc1cccc(C)c1CC(NN)C1CC1c1ccccc1. The van der Waals surface area contributed by atoms with Crippen molar-refractivity contribution in [3.05, 3.63) is 70.8 Å². The Kier molecular flexibility index (Phi) is 4.09. The van der Waals surface area contributed by atoms with Crippen LogP contribution in [0, 0.1) is 19.8 Å². The summed E-state index contributed by atoms with van der Waals surface area (Å²) in [6.45, 7) is 4.38. The van der Waals surface area contributed by atoms with Crippen LogP contribution in [-0.2, 0) is 6.42 Å². The Bertz CT molecular complexity index is 586. The molecule has 0 radical (unpaired) electrons. The van der Waals surface area contributed by atoms with Crippen molar-refractivity contribution in [2.75, 3.05) is 0 Å². The van der Waals surface area contributed by atoms with Gasteiger partial charge in [0.05, 0.1) is 0 Å². The first-order chi connectivity index (χ1) is 10.2. The minimum absolute atomic E-state index is 0.356. The van der Waals surface area contributed by atoms with Crippen LogP contribution in [0.3, 0.4) is 0 Å². The molecule has 0 aliphatic heterocycles. The highest BCUT2D eigenvalue weighted by molar-refractivity contribution is 5.35. The smallest absolute Gasteiger partial charge is 0.0285 e. The van der Waals surface area contributed by atoms with Gasteiger partial charge in [-0.3, -0.25) is 11.3 Å². The molecular weight excluding hydrogens is 256 g/mol. The summed E-state index contributed by atoms with van der Waals surface area (Å²) in [7, 11) is 0. The number of hydrazine groups is 1. The maximum absolute atomic E-state index is 5.85. The van der Waals surface area contributed by atoms with Gasteiger partial charge >= 0.3 is 0 Å². The number of benzene rings is 2. The number of nitrogens with one attached hydrogen (secondary N) is 1. The molecular formula is C19H24N2. The fraction of sp³-hybridized carbons (Fsp3) is 0.368. The molecule has 2 nitrogen and oxygen atoms in total. The van der Waals surface area contributed by atoms with E-state index in [2.05, 4.69) is 67.8 Å². The predicted octanol–water partition coefficient (Wildman–Crippen LogP) is 3.48. The monoisotopic (exact) mass is 280 g/mol. The van der Waals surface area contributed by atoms with Gasteiger partial charge in [0.1, 0.15) is 0 Å². The minimum atomic E-state index is 0.356. The van der Waals surface area contributed by atoms with E-state index < -0.39 is 0 Å². The average molecular weight is 280 g/mol. The van der Waals surface area contributed by atoms with Gasteiger partial charge in [0.2, 0.25) is 0 Å². The maximum atomic E-state index is 5.85. The van der Waals surface area contributed by atoms with E-state index in [1.54, 1.807) is 0 Å². The Labute approximate surface area is 127 Å². The lowest BCUT2D eigenvalue weighted by atomic mass is 9.93. The molecule has 0 amide bonds. The predicted molar refractivity (Wildman–Crippen MR) is 88.0 cm³/mol. The number of hydrogen-bond donors (Lipinski definition) is 2. The molecule has 1 aliphatic rings. The van der Waals surface area contributed by atoms with Gasteiger partial charge in [-0.05, 0) is 60.8 Å². The second kappa shape index (κ2) is 6.00. The van der Waals surface area contributed by atoms with Gasteiger partial charge in [-0.2, -0.15) is 0 Å². The Hall–Kier alpha value is -1.64. The van der Waals surface area contributed by atoms with E-state index in [4.69, 9.17) is 5.84 Å². The van der Waals surface area contributed by atoms with Crippen molar-refractivity contribution in [2.24, 2.45) is 11.8 Å². The first kappa shape index (κ1) is 14.3. The van der Waals surface area contributed by atoms with Gasteiger partial charge < -0.3 is 0 Å². The Morgan fingerprint density at radius 3 is 2.33 bits per heavy atom. The number of aryl methyl sites for hydroxylation is 2. The molecule has 3 unspecified atom stereocenters. The molecule has 1 aliphatic carbocycles. The first-order valence-corrected chi connectivity index (χ1v) is 7.77. The zero-order valence-electron chi connectivity index (χ0n) is 12.8. The fourth-order valence-electron chi connectivity index (χ4n) is 3.47. The van der Waals surface area contributed by atoms with Crippen molar-refractivity contribution in [1.29, 1.82) is 0 Å². The topological polar surface area (TPSA) is 38.0 Å². The van der Waals surface area contributed by atoms with Gasteiger partial charge in [0.25, 0.3) is 0 Å². The fourth-order valence-corrected chi connectivity index (χ4v) is 3.47. The first-order valence-electron chi connectivity index (χ1n) is 7.77. The van der Waals surface area contributed by atoms with Gasteiger partial charge in [-0.25, -0.2) is 0 Å². The second-order valence-corrected chi connectivity index (χ2v) is 6.26. The van der Waals surface area contributed by atoms with Crippen LogP contribution in [0.4, 0.5) is 0 Å². The lowest BCUT2D eigenvalue weighted by molar-refractivity contribution is 0.463. The van der Waals surface area contributed by atoms with E-state index in [-0.39, 0.29) is 0 Å². The molecule has 2 aromatic rings. The molecule has 0 spiro atoms. The summed E-state index contributed by atoms with van der Waals surface area (Å²) in [5, 5.41) is 0. The van der Waals surface area contributed by atoms with Crippen molar-refractivity contribution >= 4 is 0 Å². The molecule has 2 aromatic carbocycles. The summed E-state index contributed by atoms with van der Waals surface area (Å²) in [5.41, 5.74) is 8.69. The molecule has 21 heavy (non-hydrogen) atoms. The van der Waals surface area contributed by atoms with E-state index in [9.17, 15) is 0 Å². The summed E-state index contributed by atoms with van der Waals surface area (Å²) >= 11 is 0. The highest BCUT2D eigenvalue weighted by Crippen LogP contribution is 2.50. The molecule has 0 aromatic heterocycles. The van der Waals surface area contributed by atoms with E-state index in [1.807, 2.05) is 0 Å². The van der Waals surface area contributed by atoms with Crippen LogP contribution < -0.4 is 11.3 Å². The molecule has 110 valence electrons. The van der Waals surface area contributed by atoms with Crippen LogP contribution in [0.15, 0.2) is 48.5 Å². The molecule has 0 saturated heterocycles. The van der Waals surface area contributed by atoms with Gasteiger partial charge in [0, 0.05) is 6.04 Å². The number of rotatable bonds is 5. The van der Waals surface area contributed by atoms with Crippen molar-refractivity contribution in [2.45, 2.75) is 38.6 Å².